The van der Waals surface area contributed by atoms with E-state index >= 15 is 0 Å². The van der Waals surface area contributed by atoms with Gasteiger partial charge in [0.05, 0.1) is 0 Å². The first kappa shape index (κ1) is 48.7. The Morgan fingerprint density at radius 2 is 1.02 bits per heavy atom. The third-order valence-corrected chi connectivity index (χ3v) is 8.11. The van der Waals surface area contributed by atoms with Gasteiger partial charge >= 0.3 is 18.2 Å². The van der Waals surface area contributed by atoms with E-state index in [1.54, 1.807) is 41.5 Å². The zero-order chi connectivity index (χ0) is 39.3. The molecule has 0 saturated carbocycles. The fourth-order valence-electron chi connectivity index (χ4n) is 5.38. The van der Waals surface area contributed by atoms with Gasteiger partial charge in [-0.2, -0.15) is 0 Å². The van der Waals surface area contributed by atoms with Crippen molar-refractivity contribution in [2.45, 2.75) is 200 Å². The molecule has 0 saturated heterocycles. The minimum absolute atomic E-state index is 0.159. The molecule has 0 aromatic carbocycles. The van der Waals surface area contributed by atoms with Gasteiger partial charge in [-0.05, 0) is 112 Å². The van der Waals surface area contributed by atoms with E-state index < -0.39 is 47.3 Å². The van der Waals surface area contributed by atoms with Gasteiger partial charge in [0, 0.05) is 19.5 Å². The molecule has 52 heavy (non-hydrogen) atoms. The second-order valence-electron chi connectivity index (χ2n) is 15.7. The second kappa shape index (κ2) is 29.2. The van der Waals surface area contributed by atoms with E-state index in [-0.39, 0.29) is 25.2 Å². The average Bonchev–Trinajstić information content (AvgIpc) is 3.03. The van der Waals surface area contributed by atoms with E-state index in [2.05, 4.69) is 40.3 Å². The molecule has 0 aliphatic carbocycles. The largest absolute Gasteiger partial charge is 0.480 e. The summed E-state index contributed by atoms with van der Waals surface area (Å²) < 4.78 is 10.5. The maximum Gasteiger partial charge on any atom is 0.407 e. The molecule has 12 nitrogen and oxygen atoms in total. The Balaban J connectivity index is 4.77. The highest BCUT2D eigenvalue weighted by Crippen LogP contribution is 2.12. The minimum Gasteiger partial charge on any atom is -0.480 e. The van der Waals surface area contributed by atoms with Crippen molar-refractivity contribution in [2.75, 3.05) is 13.1 Å². The zero-order valence-electron chi connectivity index (χ0n) is 33.7. The number of carboxylic acids is 1. The molecular formula is C40H74N4O8. The molecular weight excluding hydrogens is 664 g/mol. The van der Waals surface area contributed by atoms with Crippen LogP contribution in [-0.4, -0.2) is 71.5 Å². The first-order valence-electron chi connectivity index (χ1n) is 19.9. The summed E-state index contributed by atoms with van der Waals surface area (Å²) >= 11 is 0. The van der Waals surface area contributed by atoms with Crippen LogP contribution in [0.25, 0.3) is 0 Å². The molecule has 0 aliphatic heterocycles. The van der Waals surface area contributed by atoms with Crippen molar-refractivity contribution >= 4 is 30.0 Å². The van der Waals surface area contributed by atoms with Crippen LogP contribution in [0.3, 0.4) is 0 Å². The molecule has 12 heteroatoms. The first-order chi connectivity index (χ1) is 24.5. The third-order valence-electron chi connectivity index (χ3n) is 8.11. The number of rotatable bonds is 29. The number of amides is 4. The Morgan fingerprint density at radius 1 is 0.577 bits per heavy atom. The topological polar surface area (TPSA) is 172 Å². The van der Waals surface area contributed by atoms with E-state index in [1.165, 1.54) is 38.5 Å². The number of alkyl carbamates (subject to hydrolysis) is 2. The third kappa shape index (κ3) is 31.4. The second-order valence-corrected chi connectivity index (χ2v) is 15.7. The van der Waals surface area contributed by atoms with Crippen molar-refractivity contribution < 1.29 is 38.6 Å². The molecule has 0 heterocycles. The first-order valence-corrected chi connectivity index (χ1v) is 19.9. The van der Waals surface area contributed by atoms with Crippen LogP contribution in [0.1, 0.15) is 177 Å². The van der Waals surface area contributed by atoms with Crippen molar-refractivity contribution in [1.82, 2.24) is 21.3 Å². The fraction of sp³-hybridized carbons (Fsp3) is 0.825. The molecule has 2 unspecified atom stereocenters. The molecule has 0 aromatic heterocycles. The van der Waals surface area contributed by atoms with E-state index in [0.29, 0.717) is 45.2 Å². The van der Waals surface area contributed by atoms with Gasteiger partial charge in [0.1, 0.15) is 23.3 Å². The number of allylic oxidation sites excluding steroid dienone is 2. The molecule has 0 spiro atoms. The number of ether oxygens (including phenoxy) is 2. The number of hydrogen-bond acceptors (Lipinski definition) is 7. The predicted molar refractivity (Wildman–Crippen MR) is 207 cm³/mol. The van der Waals surface area contributed by atoms with Gasteiger partial charge in [-0.1, -0.05) is 70.4 Å². The summed E-state index contributed by atoms with van der Waals surface area (Å²) in [7, 11) is 0. The summed E-state index contributed by atoms with van der Waals surface area (Å²) in [6, 6.07) is -2.06. The standard InChI is InChI=1S/C40H74N4O8/c1-8-9-10-11-12-13-14-15-16-17-18-19-20-21-22-29-34(45)43-32(27-23-25-30-41-37(49)51-39(2,3)4)35(46)44-33(36(47)48)28-24-26-31-42-38(50)52-40(5,6)7/h15-16,32-33H,8-14,17-31H2,1-7H3,(H,41,49)(H,42,50)(H,43,45)(H,44,46)(H,47,48)/b16-15-. The average molecular weight is 739 g/mol. The summed E-state index contributed by atoms with van der Waals surface area (Å²) in [5, 5.41) is 20.5. The van der Waals surface area contributed by atoms with Crippen molar-refractivity contribution in [3.63, 3.8) is 0 Å². The molecule has 0 aromatic rings. The van der Waals surface area contributed by atoms with Crippen LogP contribution in [0, 0.1) is 0 Å². The summed E-state index contributed by atoms with van der Waals surface area (Å²) in [4.78, 5) is 61.9. The van der Waals surface area contributed by atoms with Crippen molar-refractivity contribution in [3.05, 3.63) is 12.2 Å². The van der Waals surface area contributed by atoms with Crippen LogP contribution in [0.15, 0.2) is 12.2 Å². The molecule has 302 valence electrons. The lowest BCUT2D eigenvalue weighted by Gasteiger charge is -2.22. The van der Waals surface area contributed by atoms with Gasteiger partial charge in [0.25, 0.3) is 0 Å². The highest BCUT2D eigenvalue weighted by atomic mass is 16.6. The van der Waals surface area contributed by atoms with Gasteiger partial charge in [0.15, 0.2) is 0 Å². The molecule has 4 amide bonds. The van der Waals surface area contributed by atoms with Crippen molar-refractivity contribution in [2.24, 2.45) is 0 Å². The molecule has 0 rings (SSSR count). The van der Waals surface area contributed by atoms with Gasteiger partial charge in [-0.15, -0.1) is 0 Å². The number of unbranched alkanes of at least 4 members (excludes halogenated alkanes) is 13. The van der Waals surface area contributed by atoms with Crippen LogP contribution >= 0.6 is 0 Å². The molecule has 0 radical (unpaired) electrons. The van der Waals surface area contributed by atoms with E-state index in [1.807, 2.05) is 0 Å². The Morgan fingerprint density at radius 3 is 1.48 bits per heavy atom. The summed E-state index contributed by atoms with van der Waals surface area (Å²) in [5.41, 5.74) is -1.23. The van der Waals surface area contributed by atoms with Gasteiger partial charge in [-0.25, -0.2) is 14.4 Å². The van der Waals surface area contributed by atoms with E-state index in [9.17, 15) is 29.1 Å². The SMILES string of the molecule is CCCCCCCC/C=C\CCCCCCCC(=O)NC(CCCCNC(=O)OC(C)(C)C)C(=O)NC(CCCCNC(=O)OC(C)(C)C)C(=O)O. The van der Waals surface area contributed by atoms with Crippen LogP contribution in [-0.2, 0) is 23.9 Å². The Bertz CT molecular complexity index is 1040. The van der Waals surface area contributed by atoms with Crippen molar-refractivity contribution in [3.8, 4) is 0 Å². The molecule has 2 atom stereocenters. The number of carbonyl (C=O) groups excluding carboxylic acids is 4. The van der Waals surface area contributed by atoms with Crippen LogP contribution in [0.5, 0.6) is 0 Å². The van der Waals surface area contributed by atoms with Crippen LogP contribution < -0.4 is 21.3 Å². The highest BCUT2D eigenvalue weighted by molar-refractivity contribution is 5.90. The number of carboxylic acid groups (broad SMARTS) is 1. The highest BCUT2D eigenvalue weighted by Gasteiger charge is 2.26. The maximum atomic E-state index is 13.3. The van der Waals surface area contributed by atoms with Crippen molar-refractivity contribution in [1.29, 1.82) is 0 Å². The maximum absolute atomic E-state index is 13.3. The molecule has 5 N–H and O–H groups in total. The lowest BCUT2D eigenvalue weighted by Crippen LogP contribution is -2.51. The van der Waals surface area contributed by atoms with Gasteiger partial charge in [-0.3, -0.25) is 9.59 Å². The molecule has 0 fully saturated rings. The normalized spacial score (nSPS) is 12.9. The Kier molecular flexibility index (Phi) is 27.3. The molecule has 0 bridgehead atoms. The predicted octanol–water partition coefficient (Wildman–Crippen LogP) is 8.47. The van der Waals surface area contributed by atoms with Crippen LogP contribution in [0.2, 0.25) is 0 Å². The summed E-state index contributed by atoms with van der Waals surface area (Å²) in [5.74, 6) is -1.98. The monoisotopic (exact) mass is 739 g/mol. The van der Waals surface area contributed by atoms with E-state index in [4.69, 9.17) is 9.47 Å². The van der Waals surface area contributed by atoms with E-state index in [0.717, 1.165) is 38.5 Å². The Hall–Kier alpha value is -3.31. The number of carbonyl (C=O) groups is 5. The van der Waals surface area contributed by atoms with Gasteiger partial charge in [0.2, 0.25) is 11.8 Å². The van der Waals surface area contributed by atoms with Gasteiger partial charge < -0.3 is 35.8 Å². The number of nitrogens with one attached hydrogen (secondary N) is 4. The molecule has 0 aliphatic rings. The zero-order valence-corrected chi connectivity index (χ0v) is 33.7. The quantitative estimate of drug-likeness (QED) is 0.0376. The summed E-state index contributed by atoms with van der Waals surface area (Å²) in [6.45, 7) is 13.5. The fourth-order valence-corrected chi connectivity index (χ4v) is 5.38. The van der Waals surface area contributed by atoms with Crippen LogP contribution in [0.4, 0.5) is 9.59 Å². The summed E-state index contributed by atoms with van der Waals surface area (Å²) in [6.07, 6.45) is 21.3. The smallest absolute Gasteiger partial charge is 0.407 e. The lowest BCUT2D eigenvalue weighted by molar-refractivity contribution is -0.142. The lowest BCUT2D eigenvalue weighted by atomic mass is 10.0. The Labute approximate surface area is 314 Å². The number of hydrogen-bond donors (Lipinski definition) is 5. The number of aliphatic carboxylic acids is 1. The minimum atomic E-state index is -1.17.